The molecule has 1 aromatic carbocycles. The molecule has 24 heavy (non-hydrogen) atoms. The molecule has 2 heterocycles. The van der Waals surface area contributed by atoms with E-state index in [2.05, 4.69) is 73.9 Å². The number of anilines is 1. The largest absolute Gasteiger partial charge is 0.351 e. The van der Waals surface area contributed by atoms with Crippen LogP contribution < -0.4 is 4.90 Å². The third-order valence-corrected chi connectivity index (χ3v) is 7.07. The number of para-hydroxylation sites is 1. The number of benzene rings is 1. The molecule has 0 amide bonds. The van der Waals surface area contributed by atoms with E-state index in [-0.39, 0.29) is 5.54 Å². The highest BCUT2D eigenvalue weighted by Gasteiger charge is 2.54. The van der Waals surface area contributed by atoms with Gasteiger partial charge in [0, 0.05) is 17.3 Å². The number of aryl methyl sites for hydroxylation is 1. The highest BCUT2D eigenvalue weighted by Crippen LogP contribution is 2.48. The third-order valence-electron chi connectivity index (χ3n) is 7.07. The third kappa shape index (κ3) is 2.26. The average Bonchev–Trinajstić information content (AvgIpc) is 3.07. The Hall–Kier alpha value is -1.28. The Bertz CT molecular complexity index is 631. The van der Waals surface area contributed by atoms with Crippen molar-refractivity contribution in [2.75, 3.05) is 4.90 Å². The van der Waals surface area contributed by atoms with E-state index < -0.39 is 0 Å². The standard InChI is InChI=1S/C22H32N2/c1-16-10-8-9-13-20(16)23-17(2)21-14-15-22(4,24(21)18(23)3)19-11-6-5-7-12-19/h8-10,13-15,17-19,21H,5-7,11-12H2,1-4H3/t17-,18?,21?,22?/m0/s1. The van der Waals surface area contributed by atoms with Gasteiger partial charge in [-0.1, -0.05) is 49.6 Å². The summed E-state index contributed by atoms with van der Waals surface area (Å²) in [5.74, 6) is 0.818. The molecule has 2 heteroatoms. The summed E-state index contributed by atoms with van der Waals surface area (Å²) in [5, 5.41) is 0. The van der Waals surface area contributed by atoms with E-state index in [9.17, 15) is 0 Å². The topological polar surface area (TPSA) is 6.48 Å². The molecule has 1 saturated heterocycles. The molecule has 0 bridgehead atoms. The molecule has 0 N–H and O–H groups in total. The average molecular weight is 325 g/mol. The quantitative estimate of drug-likeness (QED) is 0.696. The predicted molar refractivity (Wildman–Crippen MR) is 102 cm³/mol. The second kappa shape index (κ2) is 5.91. The minimum absolute atomic E-state index is 0.232. The highest BCUT2D eigenvalue weighted by atomic mass is 15.5. The molecular weight excluding hydrogens is 292 g/mol. The Morgan fingerprint density at radius 1 is 1.04 bits per heavy atom. The van der Waals surface area contributed by atoms with E-state index in [1.165, 1.54) is 43.4 Å². The molecule has 130 valence electrons. The molecule has 4 rings (SSSR count). The Morgan fingerprint density at radius 3 is 2.46 bits per heavy atom. The summed E-state index contributed by atoms with van der Waals surface area (Å²) >= 11 is 0. The fourth-order valence-electron chi connectivity index (χ4n) is 5.78. The lowest BCUT2D eigenvalue weighted by molar-refractivity contribution is 0.0573. The van der Waals surface area contributed by atoms with Gasteiger partial charge in [0.15, 0.2) is 0 Å². The molecule has 0 aromatic heterocycles. The van der Waals surface area contributed by atoms with Crippen molar-refractivity contribution < 1.29 is 0 Å². The zero-order valence-electron chi connectivity index (χ0n) is 15.7. The van der Waals surface area contributed by atoms with Crippen molar-refractivity contribution in [3.05, 3.63) is 42.0 Å². The predicted octanol–water partition coefficient (Wildman–Crippen LogP) is 5.13. The molecule has 4 atom stereocenters. The van der Waals surface area contributed by atoms with Crippen molar-refractivity contribution in [3.8, 4) is 0 Å². The second-order valence-corrected chi connectivity index (χ2v) is 8.38. The fraction of sp³-hybridized carbons (Fsp3) is 0.636. The Kier molecular flexibility index (Phi) is 3.99. The first kappa shape index (κ1) is 16.2. The summed E-state index contributed by atoms with van der Waals surface area (Å²) in [7, 11) is 0. The van der Waals surface area contributed by atoms with Crippen molar-refractivity contribution in [2.45, 2.75) is 83.6 Å². The van der Waals surface area contributed by atoms with Gasteiger partial charge in [0.25, 0.3) is 0 Å². The zero-order valence-corrected chi connectivity index (χ0v) is 15.7. The van der Waals surface area contributed by atoms with Crippen molar-refractivity contribution in [2.24, 2.45) is 5.92 Å². The lowest BCUT2D eigenvalue weighted by atomic mass is 9.75. The number of hydrogen-bond acceptors (Lipinski definition) is 2. The van der Waals surface area contributed by atoms with Crippen LogP contribution in [0, 0.1) is 12.8 Å². The van der Waals surface area contributed by atoms with Crippen molar-refractivity contribution in [1.29, 1.82) is 0 Å². The van der Waals surface area contributed by atoms with Gasteiger partial charge in [-0.15, -0.1) is 0 Å². The number of rotatable bonds is 2. The Labute approximate surface area is 147 Å². The van der Waals surface area contributed by atoms with Crippen LogP contribution in [0.3, 0.4) is 0 Å². The van der Waals surface area contributed by atoms with Crippen LogP contribution in [-0.4, -0.2) is 28.7 Å². The first-order valence-corrected chi connectivity index (χ1v) is 9.86. The molecule has 3 aliphatic rings. The first-order valence-electron chi connectivity index (χ1n) is 9.86. The fourth-order valence-corrected chi connectivity index (χ4v) is 5.78. The van der Waals surface area contributed by atoms with Gasteiger partial charge in [-0.3, -0.25) is 4.90 Å². The number of nitrogens with zero attached hydrogens (tertiary/aromatic N) is 2. The molecule has 1 saturated carbocycles. The summed E-state index contributed by atoms with van der Waals surface area (Å²) in [5.41, 5.74) is 3.03. The molecule has 1 aromatic rings. The van der Waals surface area contributed by atoms with Crippen molar-refractivity contribution in [1.82, 2.24) is 4.90 Å². The van der Waals surface area contributed by atoms with Crippen LogP contribution in [0.25, 0.3) is 0 Å². The summed E-state index contributed by atoms with van der Waals surface area (Å²) in [6, 6.07) is 9.95. The number of hydrogen-bond donors (Lipinski definition) is 0. The molecule has 2 fully saturated rings. The van der Waals surface area contributed by atoms with E-state index in [0.717, 1.165) is 5.92 Å². The second-order valence-electron chi connectivity index (χ2n) is 8.38. The van der Waals surface area contributed by atoms with E-state index in [4.69, 9.17) is 0 Å². The maximum Gasteiger partial charge on any atom is 0.0808 e. The molecule has 0 radical (unpaired) electrons. The van der Waals surface area contributed by atoms with Gasteiger partial charge in [0.05, 0.1) is 12.2 Å². The summed E-state index contributed by atoms with van der Waals surface area (Å²) in [6.45, 7) is 9.57. The van der Waals surface area contributed by atoms with Gasteiger partial charge in [-0.2, -0.15) is 0 Å². The molecule has 2 nitrogen and oxygen atoms in total. The van der Waals surface area contributed by atoms with Crippen molar-refractivity contribution in [3.63, 3.8) is 0 Å². The minimum atomic E-state index is 0.232. The monoisotopic (exact) mass is 324 g/mol. The van der Waals surface area contributed by atoms with Gasteiger partial charge in [-0.25, -0.2) is 0 Å². The van der Waals surface area contributed by atoms with Crippen LogP contribution in [0.4, 0.5) is 5.69 Å². The molecule has 1 aliphatic carbocycles. The van der Waals surface area contributed by atoms with Crippen LogP contribution in [0.2, 0.25) is 0 Å². The van der Waals surface area contributed by atoms with Crippen LogP contribution >= 0.6 is 0 Å². The van der Waals surface area contributed by atoms with Gasteiger partial charge in [-0.05, 0) is 58.1 Å². The SMILES string of the molecule is Cc1ccccc1N1C(C)N2C(C=CC2(C)C2CCCCC2)[C@@H]1C. The zero-order chi connectivity index (χ0) is 16.9. The van der Waals surface area contributed by atoms with Crippen LogP contribution in [0.1, 0.15) is 58.4 Å². The summed E-state index contributed by atoms with van der Waals surface area (Å²) in [4.78, 5) is 5.48. The minimum Gasteiger partial charge on any atom is -0.351 e. The van der Waals surface area contributed by atoms with Crippen LogP contribution in [0.15, 0.2) is 36.4 Å². The lowest BCUT2D eigenvalue weighted by Gasteiger charge is -2.45. The summed E-state index contributed by atoms with van der Waals surface area (Å²) in [6.07, 6.45) is 12.6. The summed E-state index contributed by atoms with van der Waals surface area (Å²) < 4.78 is 0. The van der Waals surface area contributed by atoms with Gasteiger partial charge in [0.2, 0.25) is 0 Å². The van der Waals surface area contributed by atoms with Gasteiger partial charge in [0.1, 0.15) is 0 Å². The molecular formula is C22H32N2. The van der Waals surface area contributed by atoms with E-state index >= 15 is 0 Å². The molecule has 2 aliphatic heterocycles. The van der Waals surface area contributed by atoms with E-state index in [0.29, 0.717) is 18.2 Å². The molecule has 0 spiro atoms. The van der Waals surface area contributed by atoms with Crippen molar-refractivity contribution >= 4 is 5.69 Å². The lowest BCUT2D eigenvalue weighted by Crippen LogP contribution is -2.53. The smallest absolute Gasteiger partial charge is 0.0808 e. The van der Waals surface area contributed by atoms with Crippen LogP contribution in [0.5, 0.6) is 0 Å². The maximum absolute atomic E-state index is 2.82. The molecule has 3 unspecified atom stereocenters. The number of fused-ring (bicyclic) bond motifs is 1. The highest BCUT2D eigenvalue weighted by molar-refractivity contribution is 5.57. The van der Waals surface area contributed by atoms with E-state index in [1.807, 2.05) is 0 Å². The van der Waals surface area contributed by atoms with Crippen LogP contribution in [-0.2, 0) is 0 Å². The Balaban J connectivity index is 1.68. The maximum atomic E-state index is 2.82. The van der Waals surface area contributed by atoms with Gasteiger partial charge < -0.3 is 4.90 Å². The van der Waals surface area contributed by atoms with E-state index in [1.54, 1.807) is 0 Å². The van der Waals surface area contributed by atoms with Gasteiger partial charge >= 0.3 is 0 Å². The Morgan fingerprint density at radius 2 is 1.75 bits per heavy atom. The normalized spacial score (nSPS) is 37.2. The first-order chi connectivity index (χ1) is 11.5.